The van der Waals surface area contributed by atoms with Crippen molar-refractivity contribution in [2.75, 3.05) is 19.4 Å². The van der Waals surface area contributed by atoms with E-state index < -0.39 is 10.0 Å². The van der Waals surface area contributed by atoms with E-state index >= 15 is 0 Å². The third-order valence-corrected chi connectivity index (χ3v) is 4.41. The molecule has 2 rings (SSSR count). The number of pyridine rings is 1. The lowest BCUT2D eigenvalue weighted by Gasteiger charge is -2.11. The minimum absolute atomic E-state index is 0.0414. The molecule has 112 valence electrons. The first-order chi connectivity index (χ1) is 10.0. The molecule has 0 amide bonds. The van der Waals surface area contributed by atoms with Gasteiger partial charge in [0.15, 0.2) is 0 Å². The van der Waals surface area contributed by atoms with E-state index in [1.54, 1.807) is 18.5 Å². The quantitative estimate of drug-likeness (QED) is 0.782. The van der Waals surface area contributed by atoms with Crippen LogP contribution in [0.3, 0.4) is 0 Å². The van der Waals surface area contributed by atoms with Crippen LogP contribution in [0.4, 0.5) is 5.69 Å². The predicted molar refractivity (Wildman–Crippen MR) is 80.5 cm³/mol. The Morgan fingerprint density at radius 2 is 1.95 bits per heavy atom. The zero-order valence-corrected chi connectivity index (χ0v) is 12.4. The van der Waals surface area contributed by atoms with Gasteiger partial charge in [-0.3, -0.25) is 4.98 Å². The molecule has 0 unspecified atom stereocenters. The van der Waals surface area contributed by atoms with Crippen molar-refractivity contribution in [3.05, 3.63) is 48.3 Å². The Balaban J connectivity index is 2.10. The SMILES string of the molecule is COc1ccc(N)cc1S(=O)(=O)NCCc1ccncc1. The first-order valence-corrected chi connectivity index (χ1v) is 7.83. The van der Waals surface area contributed by atoms with Gasteiger partial charge in [-0.2, -0.15) is 0 Å². The van der Waals surface area contributed by atoms with Crippen LogP contribution in [0.25, 0.3) is 0 Å². The summed E-state index contributed by atoms with van der Waals surface area (Å²) in [5.74, 6) is 0.264. The summed E-state index contributed by atoms with van der Waals surface area (Å²) in [6, 6.07) is 8.19. The Hall–Kier alpha value is -2.12. The van der Waals surface area contributed by atoms with Crippen molar-refractivity contribution in [3.63, 3.8) is 0 Å². The lowest BCUT2D eigenvalue weighted by molar-refractivity contribution is 0.402. The van der Waals surface area contributed by atoms with E-state index in [9.17, 15) is 8.42 Å². The number of nitrogens with zero attached hydrogens (tertiary/aromatic N) is 1. The monoisotopic (exact) mass is 307 g/mol. The standard InChI is InChI=1S/C14H17N3O3S/c1-20-13-3-2-12(15)10-14(13)21(18,19)17-9-6-11-4-7-16-8-5-11/h2-5,7-8,10,17H,6,9,15H2,1H3. The van der Waals surface area contributed by atoms with Gasteiger partial charge in [0.2, 0.25) is 10.0 Å². The highest BCUT2D eigenvalue weighted by Crippen LogP contribution is 2.25. The third kappa shape index (κ3) is 3.93. The fourth-order valence-corrected chi connectivity index (χ4v) is 3.09. The van der Waals surface area contributed by atoms with Gasteiger partial charge in [-0.05, 0) is 42.3 Å². The molecule has 6 nitrogen and oxygen atoms in total. The second kappa shape index (κ2) is 6.55. The molecule has 0 saturated carbocycles. The fourth-order valence-electron chi connectivity index (χ4n) is 1.86. The third-order valence-electron chi connectivity index (χ3n) is 2.93. The average Bonchev–Trinajstić information content (AvgIpc) is 2.48. The summed E-state index contributed by atoms with van der Waals surface area (Å²) in [5, 5.41) is 0. The van der Waals surface area contributed by atoms with E-state index in [0.29, 0.717) is 12.1 Å². The van der Waals surface area contributed by atoms with Crippen molar-refractivity contribution in [1.29, 1.82) is 0 Å². The van der Waals surface area contributed by atoms with Crippen molar-refractivity contribution < 1.29 is 13.2 Å². The molecular weight excluding hydrogens is 290 g/mol. The molecule has 0 saturated heterocycles. The zero-order chi connectivity index (χ0) is 15.3. The van der Waals surface area contributed by atoms with Crippen molar-refractivity contribution in [2.45, 2.75) is 11.3 Å². The van der Waals surface area contributed by atoms with Crippen molar-refractivity contribution >= 4 is 15.7 Å². The summed E-state index contributed by atoms with van der Waals surface area (Å²) in [5.41, 5.74) is 7.02. The van der Waals surface area contributed by atoms with Gasteiger partial charge in [-0.15, -0.1) is 0 Å². The lowest BCUT2D eigenvalue weighted by Crippen LogP contribution is -2.26. The molecule has 0 spiro atoms. The van der Waals surface area contributed by atoms with Crippen LogP contribution >= 0.6 is 0 Å². The van der Waals surface area contributed by atoms with Gasteiger partial charge in [0.25, 0.3) is 0 Å². The van der Waals surface area contributed by atoms with Gasteiger partial charge in [0.1, 0.15) is 10.6 Å². The molecule has 0 fully saturated rings. The van der Waals surface area contributed by atoms with E-state index in [1.165, 1.54) is 19.2 Å². The van der Waals surface area contributed by atoms with Crippen molar-refractivity contribution in [2.24, 2.45) is 0 Å². The first-order valence-electron chi connectivity index (χ1n) is 6.35. The molecule has 0 radical (unpaired) electrons. The van der Waals surface area contributed by atoms with E-state index in [4.69, 9.17) is 10.5 Å². The Morgan fingerprint density at radius 3 is 2.62 bits per heavy atom. The molecule has 0 bridgehead atoms. The number of nitrogens with one attached hydrogen (secondary N) is 1. The Morgan fingerprint density at radius 1 is 1.24 bits per heavy atom. The van der Waals surface area contributed by atoms with Gasteiger partial charge >= 0.3 is 0 Å². The Kier molecular flexibility index (Phi) is 4.77. The fraction of sp³-hybridized carbons (Fsp3) is 0.214. The number of methoxy groups -OCH3 is 1. The first kappa shape index (κ1) is 15.3. The van der Waals surface area contributed by atoms with Gasteiger partial charge < -0.3 is 10.5 Å². The molecule has 1 aromatic carbocycles. The van der Waals surface area contributed by atoms with Gasteiger partial charge in [-0.1, -0.05) is 0 Å². The Bertz CT molecular complexity index is 703. The smallest absolute Gasteiger partial charge is 0.244 e. The van der Waals surface area contributed by atoms with Gasteiger partial charge in [0.05, 0.1) is 7.11 Å². The number of nitrogens with two attached hydrogens (primary N) is 1. The number of anilines is 1. The molecule has 1 heterocycles. The minimum Gasteiger partial charge on any atom is -0.495 e. The highest BCUT2D eigenvalue weighted by atomic mass is 32.2. The van der Waals surface area contributed by atoms with Crippen LogP contribution in [0.2, 0.25) is 0 Å². The number of ether oxygens (including phenoxy) is 1. The molecule has 21 heavy (non-hydrogen) atoms. The molecule has 3 N–H and O–H groups in total. The summed E-state index contributed by atoms with van der Waals surface area (Å²) in [7, 11) is -2.25. The minimum atomic E-state index is -3.67. The zero-order valence-electron chi connectivity index (χ0n) is 11.6. The van der Waals surface area contributed by atoms with Crippen LogP contribution < -0.4 is 15.2 Å². The average molecular weight is 307 g/mol. The van der Waals surface area contributed by atoms with Crippen LogP contribution in [0, 0.1) is 0 Å². The molecule has 2 aromatic rings. The second-order valence-corrected chi connectivity index (χ2v) is 6.15. The largest absolute Gasteiger partial charge is 0.495 e. The molecule has 0 atom stereocenters. The summed E-state index contributed by atoms with van der Waals surface area (Å²) in [6.45, 7) is 0.282. The van der Waals surface area contributed by atoms with Crippen LogP contribution in [-0.4, -0.2) is 27.1 Å². The number of hydrogen-bond acceptors (Lipinski definition) is 5. The maximum absolute atomic E-state index is 12.3. The normalized spacial score (nSPS) is 11.3. The summed E-state index contributed by atoms with van der Waals surface area (Å²) >= 11 is 0. The van der Waals surface area contributed by atoms with Crippen molar-refractivity contribution in [3.8, 4) is 5.75 Å². The van der Waals surface area contributed by atoms with E-state index in [-0.39, 0.29) is 17.2 Å². The topological polar surface area (TPSA) is 94.3 Å². The number of sulfonamides is 1. The number of aromatic nitrogens is 1. The highest BCUT2D eigenvalue weighted by molar-refractivity contribution is 7.89. The van der Waals surface area contributed by atoms with Crippen LogP contribution in [-0.2, 0) is 16.4 Å². The molecular formula is C14H17N3O3S. The summed E-state index contributed by atoms with van der Waals surface area (Å²) in [4.78, 5) is 3.95. The van der Waals surface area contributed by atoms with Crippen LogP contribution in [0.15, 0.2) is 47.6 Å². The molecule has 1 aromatic heterocycles. The van der Waals surface area contributed by atoms with E-state index in [0.717, 1.165) is 5.56 Å². The lowest BCUT2D eigenvalue weighted by atomic mass is 10.2. The molecule has 0 aliphatic rings. The Labute approximate surface area is 124 Å². The van der Waals surface area contributed by atoms with Crippen LogP contribution in [0.1, 0.15) is 5.56 Å². The maximum Gasteiger partial charge on any atom is 0.244 e. The predicted octanol–water partition coefficient (Wildman–Crippen LogP) is 1.19. The summed E-state index contributed by atoms with van der Waals surface area (Å²) < 4.78 is 32.2. The van der Waals surface area contributed by atoms with Crippen molar-refractivity contribution in [1.82, 2.24) is 9.71 Å². The van der Waals surface area contributed by atoms with E-state index in [1.807, 2.05) is 12.1 Å². The number of rotatable bonds is 6. The molecule has 7 heteroatoms. The van der Waals surface area contributed by atoms with Gasteiger partial charge in [-0.25, -0.2) is 13.1 Å². The second-order valence-electron chi connectivity index (χ2n) is 4.41. The van der Waals surface area contributed by atoms with E-state index in [2.05, 4.69) is 9.71 Å². The number of benzene rings is 1. The van der Waals surface area contributed by atoms with Gasteiger partial charge in [0, 0.05) is 24.6 Å². The highest BCUT2D eigenvalue weighted by Gasteiger charge is 2.19. The number of nitrogen functional groups attached to an aromatic ring is 1. The molecule has 0 aliphatic carbocycles. The summed E-state index contributed by atoms with van der Waals surface area (Å²) in [6.07, 6.45) is 3.92. The van der Waals surface area contributed by atoms with Crippen LogP contribution in [0.5, 0.6) is 5.75 Å². The maximum atomic E-state index is 12.3. The number of hydrogen-bond donors (Lipinski definition) is 2. The molecule has 0 aliphatic heterocycles.